The van der Waals surface area contributed by atoms with Crippen LogP contribution in [0.1, 0.15) is 34.5 Å². The van der Waals surface area contributed by atoms with Gasteiger partial charge in [-0.15, -0.1) is 0 Å². The molecular weight excluding hydrogens is 450 g/mol. The van der Waals surface area contributed by atoms with Crippen molar-refractivity contribution in [2.45, 2.75) is 37.7 Å². The third-order valence-corrected chi connectivity index (χ3v) is 6.42. The van der Waals surface area contributed by atoms with Gasteiger partial charge >= 0.3 is 0 Å². The predicted octanol–water partition coefficient (Wildman–Crippen LogP) is 5.64. The minimum Gasteiger partial charge on any atom is -0.496 e. The van der Waals surface area contributed by atoms with E-state index in [4.69, 9.17) is 14.2 Å². The second kappa shape index (κ2) is 11.3. The number of carbonyl (C=O) groups is 1. The van der Waals surface area contributed by atoms with Crippen molar-refractivity contribution in [3.63, 3.8) is 0 Å². The fraction of sp³-hybridized carbons (Fsp3) is 0.308. The van der Waals surface area contributed by atoms with Crippen LogP contribution in [-0.2, 0) is 4.74 Å². The maximum absolute atomic E-state index is 12.9. The number of para-hydroxylation sites is 1. The van der Waals surface area contributed by atoms with Crippen molar-refractivity contribution in [1.82, 2.24) is 4.98 Å². The highest BCUT2D eigenvalue weighted by Crippen LogP contribution is 2.34. The summed E-state index contributed by atoms with van der Waals surface area (Å²) in [5.74, 6) is 0.858. The molecular formula is C26H29N3O4S. The van der Waals surface area contributed by atoms with Crippen molar-refractivity contribution < 1.29 is 19.0 Å². The molecule has 1 amide bonds. The smallest absolute Gasteiger partial charge is 0.274 e. The van der Waals surface area contributed by atoms with Gasteiger partial charge in [0, 0.05) is 24.6 Å². The zero-order valence-corrected chi connectivity index (χ0v) is 20.4. The molecule has 7 nitrogen and oxygen atoms in total. The highest BCUT2D eigenvalue weighted by atomic mass is 32.2. The highest BCUT2D eigenvalue weighted by Gasteiger charge is 2.17. The molecule has 0 aliphatic carbocycles. The first-order chi connectivity index (χ1) is 16.5. The summed E-state index contributed by atoms with van der Waals surface area (Å²) in [6, 6.07) is 16.9. The van der Waals surface area contributed by atoms with Crippen molar-refractivity contribution >= 4 is 29.2 Å². The molecule has 0 radical (unpaired) electrons. The Kier molecular flexibility index (Phi) is 7.92. The van der Waals surface area contributed by atoms with Crippen LogP contribution in [0.3, 0.4) is 0 Å². The van der Waals surface area contributed by atoms with Crippen molar-refractivity contribution in [1.29, 1.82) is 0 Å². The topological polar surface area (TPSA) is 81.7 Å². The average molecular weight is 480 g/mol. The van der Waals surface area contributed by atoms with Crippen LogP contribution < -0.4 is 19.5 Å². The van der Waals surface area contributed by atoms with Crippen molar-refractivity contribution in [2.24, 2.45) is 0 Å². The number of methoxy groups -OCH3 is 1. The molecule has 0 saturated carbocycles. The second-order valence-corrected chi connectivity index (χ2v) is 8.93. The van der Waals surface area contributed by atoms with Crippen LogP contribution in [0.15, 0.2) is 59.5 Å². The van der Waals surface area contributed by atoms with Crippen LogP contribution in [-0.4, -0.2) is 37.3 Å². The molecule has 178 valence electrons. The van der Waals surface area contributed by atoms with Gasteiger partial charge in [0.25, 0.3) is 5.91 Å². The van der Waals surface area contributed by atoms with Crippen LogP contribution in [0.25, 0.3) is 0 Å². The lowest BCUT2D eigenvalue weighted by Gasteiger charge is -2.22. The Morgan fingerprint density at radius 3 is 2.53 bits per heavy atom. The van der Waals surface area contributed by atoms with Gasteiger partial charge in [0.1, 0.15) is 17.5 Å². The van der Waals surface area contributed by atoms with E-state index in [0.29, 0.717) is 36.2 Å². The molecule has 0 atom stereocenters. The van der Waals surface area contributed by atoms with Gasteiger partial charge in [0.05, 0.1) is 30.9 Å². The zero-order valence-electron chi connectivity index (χ0n) is 19.6. The van der Waals surface area contributed by atoms with Gasteiger partial charge in [-0.1, -0.05) is 24.3 Å². The molecule has 3 aromatic rings. The molecule has 34 heavy (non-hydrogen) atoms. The number of rotatable bonds is 8. The Morgan fingerprint density at radius 1 is 1.06 bits per heavy atom. The van der Waals surface area contributed by atoms with Gasteiger partial charge in [-0.25, -0.2) is 4.98 Å². The van der Waals surface area contributed by atoms with Crippen LogP contribution in [0.4, 0.5) is 11.4 Å². The first-order valence-electron chi connectivity index (χ1n) is 11.2. The SMILES string of the molecule is COc1ccc(NC(=O)c2cccc(OC3CCOCC3)n2)cc1SNc1c(C)cccc1C. The van der Waals surface area contributed by atoms with Crippen molar-refractivity contribution in [3.05, 3.63) is 71.4 Å². The molecule has 8 heteroatoms. The lowest BCUT2D eigenvalue weighted by atomic mass is 10.1. The monoisotopic (exact) mass is 479 g/mol. The van der Waals surface area contributed by atoms with E-state index in [1.807, 2.05) is 24.3 Å². The lowest BCUT2D eigenvalue weighted by Crippen LogP contribution is -2.26. The molecule has 1 aliphatic rings. The summed E-state index contributed by atoms with van der Waals surface area (Å²) < 4.78 is 20.2. The number of nitrogens with one attached hydrogen (secondary N) is 2. The summed E-state index contributed by atoms with van der Waals surface area (Å²) in [5, 5.41) is 2.93. The zero-order chi connectivity index (χ0) is 23.9. The first kappa shape index (κ1) is 23.9. The van der Waals surface area contributed by atoms with Gasteiger partial charge in [0.2, 0.25) is 5.88 Å². The number of aryl methyl sites for hydroxylation is 2. The van der Waals surface area contributed by atoms with Crippen LogP contribution >= 0.6 is 11.9 Å². The maximum atomic E-state index is 12.9. The number of hydrogen-bond donors (Lipinski definition) is 2. The van der Waals surface area contributed by atoms with E-state index in [9.17, 15) is 4.79 Å². The lowest BCUT2D eigenvalue weighted by molar-refractivity contribution is 0.0236. The van der Waals surface area contributed by atoms with Crippen LogP contribution in [0.2, 0.25) is 0 Å². The molecule has 0 bridgehead atoms. The van der Waals surface area contributed by atoms with Gasteiger partial charge in [-0.2, -0.15) is 0 Å². The fourth-order valence-electron chi connectivity index (χ4n) is 3.68. The Morgan fingerprint density at radius 2 is 1.79 bits per heavy atom. The Balaban J connectivity index is 1.45. The van der Waals surface area contributed by atoms with Crippen LogP contribution in [0.5, 0.6) is 11.6 Å². The Labute approximate surface area is 204 Å². The summed E-state index contributed by atoms with van der Waals surface area (Å²) in [5.41, 5.74) is 4.32. The van der Waals surface area contributed by atoms with Gasteiger partial charge < -0.3 is 24.2 Å². The number of benzene rings is 2. The standard InChI is InChI=1S/C26H29N3O4S/c1-17-6-4-7-18(2)25(17)29-34-23-16-19(10-11-22(23)31-3)27-26(30)21-8-5-9-24(28-21)33-20-12-14-32-15-13-20/h4-11,16,20,29H,12-15H2,1-3H3,(H,27,30). The molecule has 1 aromatic heterocycles. The maximum Gasteiger partial charge on any atom is 0.274 e. The minimum absolute atomic E-state index is 0.0603. The number of carbonyl (C=O) groups excluding carboxylic acids is 1. The number of nitrogens with zero attached hydrogens (tertiary/aromatic N) is 1. The van der Waals surface area contributed by atoms with E-state index >= 15 is 0 Å². The highest BCUT2D eigenvalue weighted by molar-refractivity contribution is 8.00. The number of amides is 1. The van der Waals surface area contributed by atoms with E-state index < -0.39 is 0 Å². The third kappa shape index (κ3) is 6.01. The van der Waals surface area contributed by atoms with Crippen LogP contribution in [0, 0.1) is 13.8 Å². The normalized spacial score (nSPS) is 13.9. The van der Waals surface area contributed by atoms with Gasteiger partial charge in [-0.05, 0) is 61.2 Å². The molecule has 0 spiro atoms. The first-order valence-corrected chi connectivity index (χ1v) is 12.0. The second-order valence-electron chi connectivity index (χ2n) is 8.08. The number of aromatic nitrogens is 1. The Hall–Kier alpha value is -3.23. The Bertz CT molecular complexity index is 1130. The molecule has 2 heterocycles. The molecule has 0 unspecified atom stereocenters. The van der Waals surface area contributed by atoms with E-state index in [1.165, 1.54) is 11.9 Å². The van der Waals surface area contributed by atoms with E-state index in [2.05, 4.69) is 41.0 Å². The number of hydrogen-bond acceptors (Lipinski definition) is 7. The largest absolute Gasteiger partial charge is 0.496 e. The summed E-state index contributed by atoms with van der Waals surface area (Å²) in [4.78, 5) is 18.1. The van der Waals surface area contributed by atoms with Crippen molar-refractivity contribution in [3.8, 4) is 11.6 Å². The van der Waals surface area contributed by atoms with E-state index in [-0.39, 0.29) is 12.0 Å². The molecule has 1 fully saturated rings. The summed E-state index contributed by atoms with van der Waals surface area (Å²) in [6.45, 7) is 5.50. The summed E-state index contributed by atoms with van der Waals surface area (Å²) >= 11 is 1.44. The molecule has 1 aliphatic heterocycles. The summed E-state index contributed by atoms with van der Waals surface area (Å²) in [7, 11) is 1.63. The average Bonchev–Trinajstić information content (AvgIpc) is 2.85. The third-order valence-electron chi connectivity index (χ3n) is 5.58. The summed E-state index contributed by atoms with van der Waals surface area (Å²) in [6.07, 6.45) is 1.70. The van der Waals surface area contributed by atoms with E-state index in [1.54, 1.807) is 25.3 Å². The van der Waals surface area contributed by atoms with Crippen molar-refractivity contribution in [2.75, 3.05) is 30.4 Å². The number of ether oxygens (including phenoxy) is 3. The van der Waals surface area contributed by atoms with Gasteiger partial charge in [0.15, 0.2) is 0 Å². The fourth-order valence-corrected chi connectivity index (χ4v) is 4.65. The minimum atomic E-state index is -0.304. The molecule has 2 aromatic carbocycles. The number of anilines is 2. The quantitative estimate of drug-likeness (QED) is 0.405. The van der Waals surface area contributed by atoms with Gasteiger partial charge in [-0.3, -0.25) is 4.79 Å². The number of pyridine rings is 1. The van der Waals surface area contributed by atoms with E-state index in [0.717, 1.165) is 34.6 Å². The molecule has 1 saturated heterocycles. The molecule has 4 rings (SSSR count). The molecule has 2 N–H and O–H groups in total. The predicted molar refractivity (Wildman–Crippen MR) is 135 cm³/mol.